The summed E-state index contributed by atoms with van der Waals surface area (Å²) in [5.41, 5.74) is 20.3. The molecule has 1 amide bonds. The number of esters is 2. The van der Waals surface area contributed by atoms with E-state index in [9.17, 15) is 29.4 Å². The van der Waals surface area contributed by atoms with Gasteiger partial charge in [-0.05, 0) is 223 Å². The van der Waals surface area contributed by atoms with Gasteiger partial charge >= 0.3 is 24.0 Å². The molecule has 2 fully saturated rings. The van der Waals surface area contributed by atoms with E-state index in [1.807, 2.05) is 219 Å². The number of aromatic nitrogens is 15. The van der Waals surface area contributed by atoms with E-state index in [2.05, 4.69) is 189 Å². The number of halogens is 1. The number of aryl methyl sites for hydroxylation is 11. The maximum Gasteiger partial charge on any atom is 0.413 e. The number of aromatic carboxylic acids is 1. The molecule has 0 saturated heterocycles. The van der Waals surface area contributed by atoms with E-state index in [0.717, 1.165) is 156 Å². The highest BCUT2D eigenvalue weighted by molar-refractivity contribution is 9.08. The van der Waals surface area contributed by atoms with Crippen LogP contribution in [0.25, 0.3) is 56.3 Å². The second-order valence-electron chi connectivity index (χ2n) is 34.6. The maximum atomic E-state index is 12.3. The molecule has 133 heavy (non-hydrogen) atoms. The molecule has 0 spiro atoms. The number of benzene rings is 9. The molecule has 9 aromatic carbocycles. The largest absolute Gasteiger partial charge is 0.508 e. The van der Waals surface area contributed by atoms with Crippen LogP contribution in [0.2, 0.25) is 0 Å². The highest BCUT2D eigenvalue weighted by atomic mass is 79.9. The number of rotatable bonds is 23. The van der Waals surface area contributed by atoms with E-state index in [1.54, 1.807) is 26.2 Å². The first kappa shape index (κ1) is 102. The van der Waals surface area contributed by atoms with Crippen LogP contribution in [0.4, 0.5) is 10.6 Å². The van der Waals surface area contributed by atoms with Crippen molar-refractivity contribution < 1.29 is 53.4 Å². The summed E-state index contributed by atoms with van der Waals surface area (Å²) in [7, 11) is 9.10. The summed E-state index contributed by atoms with van der Waals surface area (Å²) in [5, 5.41) is 72.7. The number of carbonyl (C=O) groups excluding carboxylic acids is 3. The number of alkyl halides is 1. The van der Waals surface area contributed by atoms with Crippen LogP contribution in [0.5, 0.6) is 11.5 Å². The standard InChI is InChI=1S/C27H33N3O3.C18H19N3.C17H17N3O.C15H20N4O2.C11H11N3O2.C10H18O3.C7H7Br/c1-19(2)32-27(31)22-10-7-11-24(18-22)33-23-15-13-21(14-16-23)26-25(30(3)29-28-26)17-12-20-8-5-4-6-9-20;1-14-8-11-16(12-9-14)18-17(21(2)20-19-18)13-10-15-6-4-3-5-7-15;1-20-16(12-7-13-5-3-2-4-6-13)17(18-19-20)14-8-10-15(21)11-9-14;1-10-6-8-11(9-7-10)12-13(19(5)18-17-12)16-14(20)21-15(2,3)4;1-7-3-5-8(6-4-7)9-10(11(15)16)14(2)13-12-9;1-7(2)13-10(12)8-4-3-5-9(11)6-8;8-6-7-4-2-1-3-5-7/h4-6,8-9,13-16,19,22,24H,7,10-12,17-18H2,1-3H3;3-9,11-12H,10,13H2,1-2H3;2-6,8-11,21H,7,12H2,1H3;6-9H,1-5H3,(H,16,20);3-6H,1-2H3,(H,15,16);7-9,11H,3-6H2,1-2H3;1-5H,6H2/t22-,24-;;;;;8-,9+;/m0....0./s1. The molecule has 0 aliphatic heterocycles. The van der Waals surface area contributed by atoms with Crippen LogP contribution in [0.1, 0.15) is 166 Å². The molecule has 28 heteroatoms. The predicted molar refractivity (Wildman–Crippen MR) is 522 cm³/mol. The molecule has 27 nitrogen and oxygen atoms in total. The van der Waals surface area contributed by atoms with Gasteiger partial charge in [0.05, 0.1) is 53.3 Å². The van der Waals surface area contributed by atoms with Crippen LogP contribution in [-0.4, -0.2) is 144 Å². The molecule has 4 N–H and O–H groups in total. The zero-order valence-electron chi connectivity index (χ0n) is 78.9. The summed E-state index contributed by atoms with van der Waals surface area (Å²) in [5.74, 6) is 0.164. The first-order chi connectivity index (χ1) is 63.8. The van der Waals surface area contributed by atoms with Crippen LogP contribution in [0.3, 0.4) is 0 Å². The number of aliphatic hydroxyl groups is 1. The normalized spacial score (nSPS) is 14.3. The minimum absolute atomic E-state index is 0.0345. The number of nitrogens with zero attached hydrogens (tertiary/aromatic N) is 15. The second kappa shape index (κ2) is 50.7. The minimum atomic E-state index is -1.02. The van der Waals surface area contributed by atoms with Crippen LogP contribution in [0, 0.1) is 32.6 Å². The Labute approximate surface area is 788 Å². The van der Waals surface area contributed by atoms with E-state index in [-0.39, 0.29) is 59.6 Å². The van der Waals surface area contributed by atoms with Gasteiger partial charge < -0.3 is 34.3 Å². The van der Waals surface area contributed by atoms with Gasteiger partial charge in [-0.3, -0.25) is 29.0 Å². The van der Waals surface area contributed by atoms with E-state index in [1.165, 1.54) is 42.9 Å². The van der Waals surface area contributed by atoms with Crippen LogP contribution in [-0.2, 0) is 103 Å². The number of hydrogen-bond donors (Lipinski definition) is 4. The molecule has 0 unspecified atom stereocenters. The number of phenolic OH excluding ortho intramolecular Hbond substituents is 1. The number of carbonyl (C=O) groups is 4. The van der Waals surface area contributed by atoms with Crippen molar-refractivity contribution in [2.24, 2.45) is 47.1 Å². The first-order valence-electron chi connectivity index (χ1n) is 45.1. The number of amides is 1. The van der Waals surface area contributed by atoms with E-state index in [0.29, 0.717) is 30.0 Å². The van der Waals surface area contributed by atoms with Crippen molar-refractivity contribution in [1.82, 2.24) is 75.0 Å². The van der Waals surface area contributed by atoms with Crippen molar-refractivity contribution >= 4 is 45.7 Å². The lowest BCUT2D eigenvalue weighted by molar-refractivity contribution is -0.155. The zero-order chi connectivity index (χ0) is 95.5. The SMILES string of the molecule is BrCc1ccccc1.CC(C)OC(=O)[C@H]1CCC[C@@H](O)C1.CC(C)OC(=O)[C@H]1CCC[C@H](Oc2ccc(-c3nnn(C)c3CCc3ccccc3)cc2)C1.Cc1ccc(-c2nnn(C)c2C(=O)O)cc1.Cc1ccc(-c2nnn(C)c2CCc2ccccc2)cc1.Cc1ccc(-c2nnn(C)c2NC(=O)OC(C)(C)C)cc1.Cn1nnc(-c2ccc(O)cc2)c1CCc1ccccc1. The van der Waals surface area contributed by atoms with Crippen LogP contribution in [0.15, 0.2) is 243 Å². The number of carboxylic acid groups (broad SMARTS) is 1. The molecule has 16 rings (SSSR count). The molecule has 2 aliphatic rings. The van der Waals surface area contributed by atoms with E-state index in [4.69, 9.17) is 24.1 Å². The van der Waals surface area contributed by atoms with Gasteiger partial charge in [-0.2, -0.15) is 0 Å². The number of aliphatic hydroxyl groups excluding tert-OH is 1. The summed E-state index contributed by atoms with van der Waals surface area (Å²) in [6, 6.07) is 80.6. The Morgan fingerprint density at radius 2 is 0.759 bits per heavy atom. The molecule has 14 aromatic rings. The average Bonchev–Trinajstić information content (AvgIpc) is 1.68. The Morgan fingerprint density at radius 3 is 1.14 bits per heavy atom. The molecule has 2 aliphatic carbocycles. The third-order valence-electron chi connectivity index (χ3n) is 22.0. The van der Waals surface area contributed by atoms with Gasteiger partial charge in [-0.15, -0.1) is 25.5 Å². The highest BCUT2D eigenvalue weighted by Gasteiger charge is 2.32. The Bertz CT molecular complexity index is 5770. The lowest BCUT2D eigenvalue weighted by Crippen LogP contribution is -2.31. The third-order valence-corrected chi connectivity index (χ3v) is 22.6. The van der Waals surface area contributed by atoms with Gasteiger partial charge in [0.25, 0.3) is 0 Å². The Balaban J connectivity index is 0.000000166. The maximum absolute atomic E-state index is 12.3. The molecular weight excluding hydrogens is 1740 g/mol. The van der Waals surface area contributed by atoms with Gasteiger partial charge in [-0.25, -0.2) is 19.0 Å². The monoisotopic (exact) mass is 1860 g/mol. The van der Waals surface area contributed by atoms with Crippen molar-refractivity contribution in [3.8, 4) is 67.8 Å². The molecule has 5 aromatic heterocycles. The summed E-state index contributed by atoms with van der Waals surface area (Å²) >= 11 is 3.36. The van der Waals surface area contributed by atoms with Crippen LogP contribution < -0.4 is 10.1 Å². The molecule has 4 atom stereocenters. The molecule has 0 radical (unpaired) electrons. The Hall–Kier alpha value is -13.6. The van der Waals surface area contributed by atoms with Crippen LogP contribution >= 0.6 is 15.9 Å². The summed E-state index contributed by atoms with van der Waals surface area (Å²) in [6.45, 7) is 19.0. The van der Waals surface area contributed by atoms with Gasteiger partial charge in [0.1, 0.15) is 45.6 Å². The number of nitrogens with one attached hydrogen (secondary N) is 1. The van der Waals surface area contributed by atoms with Crippen molar-refractivity contribution in [1.29, 1.82) is 0 Å². The van der Waals surface area contributed by atoms with Crippen molar-refractivity contribution in [2.45, 2.75) is 194 Å². The van der Waals surface area contributed by atoms with Gasteiger partial charge in [0, 0.05) is 68.4 Å². The minimum Gasteiger partial charge on any atom is -0.508 e. The van der Waals surface area contributed by atoms with Crippen molar-refractivity contribution in [3.63, 3.8) is 0 Å². The fraction of sp³-hybridized carbons (Fsp3) is 0.352. The van der Waals surface area contributed by atoms with Gasteiger partial charge in [0.2, 0.25) is 0 Å². The summed E-state index contributed by atoms with van der Waals surface area (Å²) < 4.78 is 30.3. The number of phenols is 1. The predicted octanol–water partition coefficient (Wildman–Crippen LogP) is 20.4. The average molecular weight is 1870 g/mol. The van der Waals surface area contributed by atoms with Gasteiger partial charge in [-0.1, -0.05) is 259 Å². The van der Waals surface area contributed by atoms with E-state index < -0.39 is 17.7 Å². The Kier molecular flexibility index (Phi) is 38.7. The number of carboxylic acids is 1. The first-order valence-corrected chi connectivity index (χ1v) is 46.2. The fourth-order valence-corrected chi connectivity index (χ4v) is 15.3. The Morgan fingerprint density at radius 1 is 0.421 bits per heavy atom. The number of aromatic hydroxyl groups is 1. The summed E-state index contributed by atoms with van der Waals surface area (Å²) in [4.78, 5) is 46.7. The topological polar surface area (TPSA) is 331 Å². The highest BCUT2D eigenvalue weighted by Crippen LogP contribution is 2.34. The second-order valence-corrected chi connectivity index (χ2v) is 35.2. The third kappa shape index (κ3) is 32.1. The zero-order valence-corrected chi connectivity index (χ0v) is 80.4. The lowest BCUT2D eigenvalue weighted by Gasteiger charge is -2.29. The van der Waals surface area contributed by atoms with Gasteiger partial charge in [0.15, 0.2) is 11.5 Å². The number of anilines is 1. The number of hydrogen-bond acceptors (Lipinski definition) is 20. The molecule has 2 saturated carbocycles. The molecule has 5 heterocycles. The molecule has 698 valence electrons. The summed E-state index contributed by atoms with van der Waals surface area (Å²) in [6.07, 6.45) is 11.4. The fourth-order valence-electron chi connectivity index (χ4n) is 15.0. The molecular formula is C105H125BrN16O11. The molecule has 0 bridgehead atoms. The smallest absolute Gasteiger partial charge is 0.413 e. The quantitative estimate of drug-likeness (QED) is 0.0262. The lowest BCUT2D eigenvalue weighted by atomic mass is 9.87. The van der Waals surface area contributed by atoms with Crippen molar-refractivity contribution in [3.05, 3.63) is 304 Å². The van der Waals surface area contributed by atoms with E-state index >= 15 is 0 Å². The number of ether oxygens (including phenoxy) is 4. The van der Waals surface area contributed by atoms with Crippen molar-refractivity contribution in [2.75, 3.05) is 5.32 Å².